The van der Waals surface area contributed by atoms with Crippen LogP contribution in [-0.2, 0) is 24.4 Å². The van der Waals surface area contributed by atoms with Gasteiger partial charge in [-0.25, -0.2) is 4.98 Å². The number of hydrogen-bond donors (Lipinski definition) is 0. The van der Waals surface area contributed by atoms with Crippen LogP contribution in [0.1, 0.15) is 34.2 Å². The first kappa shape index (κ1) is 15.3. The summed E-state index contributed by atoms with van der Waals surface area (Å²) in [4.78, 5) is 18.9. The van der Waals surface area contributed by atoms with Crippen molar-refractivity contribution in [3.05, 3.63) is 53.1 Å². The lowest BCUT2D eigenvalue weighted by atomic mass is 10.1. The van der Waals surface area contributed by atoms with Crippen LogP contribution >= 0.6 is 0 Å². The summed E-state index contributed by atoms with van der Waals surface area (Å²) >= 11 is 0. The summed E-state index contributed by atoms with van der Waals surface area (Å²) in [5, 5.41) is 8.97. The summed E-state index contributed by atoms with van der Waals surface area (Å²) in [6, 6.07) is 8.88. The maximum absolute atomic E-state index is 12.7. The van der Waals surface area contributed by atoms with E-state index in [1.807, 2.05) is 13.3 Å². The van der Waals surface area contributed by atoms with Crippen LogP contribution in [-0.4, -0.2) is 33.5 Å². The van der Waals surface area contributed by atoms with E-state index in [1.54, 1.807) is 29.2 Å². The predicted molar refractivity (Wildman–Crippen MR) is 83.5 cm³/mol. The number of carbonyl (C=O) groups excluding carboxylic acids is 1. The predicted octanol–water partition coefficient (Wildman–Crippen LogP) is 1.95. The zero-order chi connectivity index (χ0) is 16.2. The van der Waals surface area contributed by atoms with Crippen molar-refractivity contribution in [3.8, 4) is 6.07 Å². The first-order valence-corrected chi connectivity index (χ1v) is 7.63. The van der Waals surface area contributed by atoms with Gasteiger partial charge in [-0.2, -0.15) is 5.26 Å². The van der Waals surface area contributed by atoms with Crippen LogP contribution in [0, 0.1) is 11.3 Å². The normalized spacial score (nSPS) is 13.5. The average Bonchev–Trinajstić information content (AvgIpc) is 3.01. The number of imidazole rings is 1. The number of aromatic nitrogens is 2. The molecule has 0 radical (unpaired) electrons. The van der Waals surface area contributed by atoms with Crippen LogP contribution in [0.2, 0.25) is 0 Å². The lowest BCUT2D eigenvalue weighted by Gasteiger charge is -2.29. The van der Waals surface area contributed by atoms with E-state index < -0.39 is 0 Å². The molecule has 6 nitrogen and oxygen atoms in total. The fraction of sp³-hybridized carbons (Fsp3) is 0.353. The van der Waals surface area contributed by atoms with Gasteiger partial charge in [0.1, 0.15) is 0 Å². The highest BCUT2D eigenvalue weighted by Crippen LogP contribution is 2.19. The third-order valence-corrected chi connectivity index (χ3v) is 3.95. The fourth-order valence-electron chi connectivity index (χ4n) is 2.71. The molecule has 6 heteroatoms. The first-order valence-electron chi connectivity index (χ1n) is 7.63. The van der Waals surface area contributed by atoms with Crippen LogP contribution in [0.15, 0.2) is 30.6 Å². The van der Waals surface area contributed by atoms with E-state index in [1.165, 1.54) is 0 Å². The quantitative estimate of drug-likeness (QED) is 0.865. The molecule has 0 bridgehead atoms. The molecule has 0 spiro atoms. The highest BCUT2D eigenvalue weighted by molar-refractivity contribution is 5.94. The molecule has 0 N–H and O–H groups in total. The van der Waals surface area contributed by atoms with Crippen molar-refractivity contribution in [2.45, 2.75) is 26.6 Å². The van der Waals surface area contributed by atoms with E-state index >= 15 is 0 Å². The van der Waals surface area contributed by atoms with Gasteiger partial charge in [0.25, 0.3) is 5.91 Å². The van der Waals surface area contributed by atoms with Gasteiger partial charge in [0.15, 0.2) is 0 Å². The zero-order valence-electron chi connectivity index (χ0n) is 13.0. The Morgan fingerprint density at radius 3 is 3.09 bits per heavy atom. The first-order chi connectivity index (χ1) is 11.2. The molecular weight excluding hydrogens is 292 g/mol. The highest BCUT2D eigenvalue weighted by Gasteiger charge is 2.24. The summed E-state index contributed by atoms with van der Waals surface area (Å²) in [6.45, 7) is 4.91. The monoisotopic (exact) mass is 310 g/mol. The van der Waals surface area contributed by atoms with Gasteiger partial charge in [-0.15, -0.1) is 0 Å². The summed E-state index contributed by atoms with van der Waals surface area (Å²) in [5.74, 6) is -0.0584. The van der Waals surface area contributed by atoms with E-state index in [0.717, 1.165) is 17.9 Å². The second-order valence-corrected chi connectivity index (χ2v) is 5.39. The van der Waals surface area contributed by atoms with Crippen LogP contribution in [0.3, 0.4) is 0 Å². The molecule has 2 aromatic rings. The molecule has 1 aliphatic rings. The number of hydrogen-bond acceptors (Lipinski definition) is 4. The van der Waals surface area contributed by atoms with Gasteiger partial charge in [-0.3, -0.25) is 4.79 Å². The number of nitriles is 1. The van der Waals surface area contributed by atoms with E-state index in [-0.39, 0.29) is 5.91 Å². The number of rotatable bonds is 4. The van der Waals surface area contributed by atoms with Gasteiger partial charge < -0.3 is 14.2 Å². The molecule has 23 heavy (non-hydrogen) atoms. The van der Waals surface area contributed by atoms with Crippen LogP contribution in [0.5, 0.6) is 0 Å². The third-order valence-electron chi connectivity index (χ3n) is 3.95. The minimum absolute atomic E-state index is 0.0584. The summed E-state index contributed by atoms with van der Waals surface area (Å²) in [7, 11) is 0. The minimum Gasteiger partial charge on any atom is -0.375 e. The van der Waals surface area contributed by atoms with Gasteiger partial charge in [0.2, 0.25) is 0 Å². The molecule has 0 fully saturated rings. The highest BCUT2D eigenvalue weighted by atomic mass is 16.5. The largest absolute Gasteiger partial charge is 0.375 e. The molecule has 0 saturated heterocycles. The molecule has 1 aromatic heterocycles. The number of ether oxygens (including phenoxy) is 1. The zero-order valence-corrected chi connectivity index (χ0v) is 13.0. The lowest BCUT2D eigenvalue weighted by molar-refractivity contribution is 0.0706. The molecule has 3 rings (SSSR count). The fourth-order valence-corrected chi connectivity index (χ4v) is 2.71. The minimum atomic E-state index is -0.0584. The van der Waals surface area contributed by atoms with Crippen LogP contribution in [0.25, 0.3) is 0 Å². The Morgan fingerprint density at radius 1 is 1.43 bits per heavy atom. The molecule has 0 unspecified atom stereocenters. The Labute approximate surface area is 134 Å². The van der Waals surface area contributed by atoms with Gasteiger partial charge in [-0.05, 0) is 25.1 Å². The summed E-state index contributed by atoms with van der Waals surface area (Å²) in [6.07, 6.45) is 1.81. The third kappa shape index (κ3) is 3.10. The topological polar surface area (TPSA) is 71.2 Å². The van der Waals surface area contributed by atoms with Crippen molar-refractivity contribution < 1.29 is 9.53 Å². The number of nitrogens with zero attached hydrogens (tertiary/aromatic N) is 4. The van der Waals surface area contributed by atoms with Crippen molar-refractivity contribution in [1.29, 1.82) is 5.26 Å². The summed E-state index contributed by atoms with van der Waals surface area (Å²) < 4.78 is 7.51. The number of benzene rings is 1. The Bertz CT molecular complexity index is 760. The lowest BCUT2D eigenvalue weighted by Crippen LogP contribution is -2.38. The Morgan fingerprint density at radius 2 is 2.30 bits per heavy atom. The molecule has 0 saturated carbocycles. The molecule has 118 valence electrons. The van der Waals surface area contributed by atoms with Crippen molar-refractivity contribution in [2.75, 3.05) is 13.2 Å². The van der Waals surface area contributed by atoms with Gasteiger partial charge in [-0.1, -0.05) is 6.07 Å². The molecule has 1 aliphatic heterocycles. The van der Waals surface area contributed by atoms with E-state index in [0.29, 0.717) is 37.4 Å². The van der Waals surface area contributed by atoms with Gasteiger partial charge >= 0.3 is 0 Å². The van der Waals surface area contributed by atoms with Gasteiger partial charge in [0, 0.05) is 25.3 Å². The molecule has 2 heterocycles. The van der Waals surface area contributed by atoms with E-state index in [4.69, 9.17) is 10.00 Å². The molecule has 0 aliphatic carbocycles. The SMILES string of the molecule is CCOCc1ncn2c1CN(C(=O)c1cccc(C#N)c1)CC2. The number of amides is 1. The van der Waals surface area contributed by atoms with Gasteiger partial charge in [0.05, 0.1) is 42.5 Å². The molecule has 1 amide bonds. The van der Waals surface area contributed by atoms with Crippen molar-refractivity contribution >= 4 is 5.91 Å². The van der Waals surface area contributed by atoms with E-state index in [9.17, 15) is 4.79 Å². The van der Waals surface area contributed by atoms with E-state index in [2.05, 4.69) is 15.6 Å². The van der Waals surface area contributed by atoms with Crippen molar-refractivity contribution in [1.82, 2.24) is 14.5 Å². The Balaban J connectivity index is 1.79. The number of carbonyl (C=O) groups is 1. The average molecular weight is 310 g/mol. The molecule has 0 atom stereocenters. The standard InChI is InChI=1S/C17H18N4O2/c1-2-23-11-15-16-10-20(6-7-21(16)12-19-15)17(22)14-5-3-4-13(8-14)9-18/h3-5,8,12H,2,6-7,10-11H2,1H3. The molecular formula is C17H18N4O2. The van der Waals surface area contributed by atoms with Crippen molar-refractivity contribution in [3.63, 3.8) is 0 Å². The maximum Gasteiger partial charge on any atom is 0.254 e. The van der Waals surface area contributed by atoms with Crippen LogP contribution in [0.4, 0.5) is 0 Å². The van der Waals surface area contributed by atoms with Crippen LogP contribution < -0.4 is 0 Å². The number of fused-ring (bicyclic) bond motifs is 1. The maximum atomic E-state index is 12.7. The van der Waals surface area contributed by atoms with Crippen molar-refractivity contribution in [2.24, 2.45) is 0 Å². The summed E-state index contributed by atoms with van der Waals surface area (Å²) in [5.41, 5.74) is 2.95. The Hall–Kier alpha value is -2.65. The Kier molecular flexibility index (Phi) is 4.40. The molecule has 1 aromatic carbocycles. The smallest absolute Gasteiger partial charge is 0.254 e. The second kappa shape index (κ2) is 6.63. The second-order valence-electron chi connectivity index (χ2n) is 5.39.